The molecule has 26 heavy (non-hydrogen) atoms. The molecule has 2 unspecified atom stereocenters. The maximum absolute atomic E-state index is 12.6. The van der Waals surface area contributed by atoms with E-state index in [2.05, 4.69) is 22.5 Å². The van der Waals surface area contributed by atoms with Gasteiger partial charge in [-0.15, -0.1) is 11.8 Å². The SMILES string of the molecule is CC1CCC(S(=O)(=O)c2ccc(NC(=O)NCc3cccnc3)cc2)S1. The molecule has 1 saturated heterocycles. The topological polar surface area (TPSA) is 88.2 Å². The number of carbonyl (C=O) groups is 1. The van der Waals surface area contributed by atoms with Gasteiger partial charge in [-0.1, -0.05) is 13.0 Å². The average molecular weight is 392 g/mol. The van der Waals surface area contributed by atoms with Gasteiger partial charge < -0.3 is 10.6 Å². The maximum atomic E-state index is 12.6. The number of anilines is 1. The summed E-state index contributed by atoms with van der Waals surface area (Å²) in [5, 5.41) is 5.80. The molecule has 8 heteroatoms. The van der Waals surface area contributed by atoms with Gasteiger partial charge in [0.15, 0.2) is 9.84 Å². The van der Waals surface area contributed by atoms with Crippen LogP contribution in [0.4, 0.5) is 10.5 Å². The van der Waals surface area contributed by atoms with E-state index < -0.39 is 9.84 Å². The molecule has 0 bridgehead atoms. The highest BCUT2D eigenvalue weighted by Gasteiger charge is 2.34. The molecule has 1 fully saturated rings. The lowest BCUT2D eigenvalue weighted by atomic mass is 10.3. The fourth-order valence-corrected chi connectivity index (χ4v) is 6.55. The molecule has 2 amide bonds. The lowest BCUT2D eigenvalue weighted by Crippen LogP contribution is -2.28. The van der Waals surface area contributed by atoms with Gasteiger partial charge in [-0.3, -0.25) is 4.98 Å². The summed E-state index contributed by atoms with van der Waals surface area (Å²) in [5.74, 6) is 0. The third-order valence-corrected chi connectivity index (χ3v) is 8.35. The van der Waals surface area contributed by atoms with E-state index >= 15 is 0 Å². The Morgan fingerprint density at radius 1 is 1.23 bits per heavy atom. The maximum Gasteiger partial charge on any atom is 0.319 e. The summed E-state index contributed by atoms with van der Waals surface area (Å²) >= 11 is 1.51. The number of aromatic nitrogens is 1. The fraction of sp³-hybridized carbons (Fsp3) is 0.333. The van der Waals surface area contributed by atoms with Crippen molar-refractivity contribution in [1.82, 2.24) is 10.3 Å². The van der Waals surface area contributed by atoms with E-state index in [0.29, 0.717) is 28.8 Å². The largest absolute Gasteiger partial charge is 0.334 e. The predicted octanol–water partition coefficient (Wildman–Crippen LogP) is 3.42. The van der Waals surface area contributed by atoms with Crippen molar-refractivity contribution >= 4 is 33.3 Å². The number of nitrogens with one attached hydrogen (secondary N) is 2. The van der Waals surface area contributed by atoms with E-state index in [9.17, 15) is 13.2 Å². The van der Waals surface area contributed by atoms with E-state index in [1.165, 1.54) is 11.8 Å². The number of sulfone groups is 1. The Balaban J connectivity index is 1.58. The summed E-state index contributed by atoms with van der Waals surface area (Å²) in [6, 6.07) is 9.64. The van der Waals surface area contributed by atoms with Crippen LogP contribution in [0.15, 0.2) is 53.7 Å². The molecule has 0 saturated carbocycles. The Labute approximate surface area is 157 Å². The second-order valence-corrected chi connectivity index (χ2v) is 10.3. The quantitative estimate of drug-likeness (QED) is 0.815. The number of hydrogen-bond donors (Lipinski definition) is 2. The van der Waals surface area contributed by atoms with Crippen molar-refractivity contribution in [1.29, 1.82) is 0 Å². The zero-order valence-electron chi connectivity index (χ0n) is 14.4. The molecule has 1 aliphatic rings. The summed E-state index contributed by atoms with van der Waals surface area (Å²) < 4.78 is 24.9. The summed E-state index contributed by atoms with van der Waals surface area (Å²) in [7, 11) is -3.34. The van der Waals surface area contributed by atoms with Gasteiger partial charge in [0, 0.05) is 29.9 Å². The molecule has 138 valence electrons. The first-order chi connectivity index (χ1) is 12.4. The minimum Gasteiger partial charge on any atom is -0.334 e. The van der Waals surface area contributed by atoms with Crippen LogP contribution in [0, 0.1) is 0 Å². The van der Waals surface area contributed by atoms with Crippen LogP contribution in [0.25, 0.3) is 0 Å². The van der Waals surface area contributed by atoms with E-state index in [1.54, 1.807) is 42.7 Å². The molecule has 2 N–H and O–H groups in total. The zero-order chi connectivity index (χ0) is 18.6. The lowest BCUT2D eigenvalue weighted by Gasteiger charge is -2.12. The molecule has 0 radical (unpaired) electrons. The lowest BCUT2D eigenvalue weighted by molar-refractivity contribution is 0.251. The van der Waals surface area contributed by atoms with Crippen molar-refractivity contribution in [2.24, 2.45) is 0 Å². The molecule has 3 rings (SSSR count). The predicted molar refractivity (Wildman–Crippen MR) is 104 cm³/mol. The van der Waals surface area contributed by atoms with Gasteiger partial charge >= 0.3 is 6.03 Å². The molecule has 0 aliphatic carbocycles. The minimum atomic E-state index is -3.34. The number of amides is 2. The van der Waals surface area contributed by atoms with E-state index in [-0.39, 0.29) is 10.6 Å². The first-order valence-corrected chi connectivity index (χ1v) is 10.9. The first kappa shape index (κ1) is 18.7. The molecule has 0 spiro atoms. The van der Waals surface area contributed by atoms with Gasteiger partial charge in [0.1, 0.15) is 4.58 Å². The highest BCUT2D eigenvalue weighted by molar-refractivity contribution is 8.14. The standard InChI is InChI=1S/C18H21N3O3S2/c1-13-4-9-17(25-13)26(23,24)16-7-5-15(6-8-16)21-18(22)20-12-14-3-2-10-19-11-14/h2-3,5-8,10-11,13,17H,4,9,12H2,1H3,(H2,20,21,22). The Morgan fingerprint density at radius 2 is 2.00 bits per heavy atom. The molecule has 1 aromatic carbocycles. The molecular formula is C18H21N3O3S2. The molecule has 1 aliphatic heterocycles. The molecular weight excluding hydrogens is 370 g/mol. The van der Waals surface area contributed by atoms with Gasteiger partial charge in [-0.2, -0.15) is 0 Å². The highest BCUT2D eigenvalue weighted by atomic mass is 32.3. The third kappa shape index (κ3) is 4.56. The fourth-order valence-electron chi connectivity index (χ4n) is 2.73. The molecule has 2 atom stereocenters. The van der Waals surface area contributed by atoms with Gasteiger partial charge in [0.2, 0.25) is 0 Å². The summed E-state index contributed by atoms with van der Waals surface area (Å²) in [6.45, 7) is 2.42. The molecule has 1 aromatic heterocycles. The number of hydrogen-bond acceptors (Lipinski definition) is 5. The monoisotopic (exact) mass is 391 g/mol. The Morgan fingerprint density at radius 3 is 2.62 bits per heavy atom. The minimum absolute atomic E-state index is 0.297. The number of carbonyl (C=O) groups excluding carboxylic acids is 1. The number of urea groups is 1. The van der Waals surface area contributed by atoms with Crippen molar-refractivity contribution in [3.63, 3.8) is 0 Å². The summed E-state index contributed by atoms with van der Waals surface area (Å²) in [5.41, 5.74) is 1.44. The summed E-state index contributed by atoms with van der Waals surface area (Å²) in [4.78, 5) is 16.2. The van der Waals surface area contributed by atoms with Crippen LogP contribution in [-0.2, 0) is 16.4 Å². The zero-order valence-corrected chi connectivity index (χ0v) is 16.0. The van der Waals surface area contributed by atoms with Gasteiger partial charge in [-0.05, 0) is 48.7 Å². The van der Waals surface area contributed by atoms with E-state index in [4.69, 9.17) is 0 Å². The van der Waals surface area contributed by atoms with Crippen molar-refractivity contribution in [3.05, 3.63) is 54.4 Å². The van der Waals surface area contributed by atoms with Gasteiger partial charge in [0.05, 0.1) is 4.90 Å². The average Bonchev–Trinajstić information content (AvgIpc) is 3.09. The first-order valence-electron chi connectivity index (χ1n) is 8.38. The Kier molecular flexibility index (Phi) is 5.83. The van der Waals surface area contributed by atoms with Crippen molar-refractivity contribution in [2.45, 2.75) is 41.0 Å². The van der Waals surface area contributed by atoms with Crippen LogP contribution < -0.4 is 10.6 Å². The van der Waals surface area contributed by atoms with Gasteiger partial charge in [0.25, 0.3) is 0 Å². The van der Waals surface area contributed by atoms with E-state index in [1.807, 2.05) is 6.07 Å². The van der Waals surface area contributed by atoms with Crippen molar-refractivity contribution in [3.8, 4) is 0 Å². The second kappa shape index (κ2) is 8.09. The molecule has 2 heterocycles. The number of pyridine rings is 1. The normalized spacial score (nSPS) is 19.9. The second-order valence-electron chi connectivity index (χ2n) is 6.19. The Bertz CT molecular complexity index is 855. The van der Waals surface area contributed by atoms with Crippen LogP contribution >= 0.6 is 11.8 Å². The number of thioether (sulfide) groups is 1. The third-order valence-electron chi connectivity index (χ3n) is 4.16. The van der Waals surface area contributed by atoms with Crippen molar-refractivity contribution < 1.29 is 13.2 Å². The van der Waals surface area contributed by atoms with Crippen LogP contribution in [0.5, 0.6) is 0 Å². The van der Waals surface area contributed by atoms with E-state index in [0.717, 1.165) is 12.0 Å². The van der Waals surface area contributed by atoms with Crippen molar-refractivity contribution in [2.75, 3.05) is 5.32 Å². The van der Waals surface area contributed by atoms with Crippen LogP contribution in [0.1, 0.15) is 25.3 Å². The summed E-state index contributed by atoms with van der Waals surface area (Å²) in [6.07, 6.45) is 4.96. The highest BCUT2D eigenvalue weighted by Crippen LogP contribution is 2.39. The Hall–Kier alpha value is -2.06. The molecule has 2 aromatic rings. The smallest absolute Gasteiger partial charge is 0.319 e. The molecule has 6 nitrogen and oxygen atoms in total. The van der Waals surface area contributed by atoms with Crippen LogP contribution in [0.2, 0.25) is 0 Å². The number of rotatable bonds is 5. The van der Waals surface area contributed by atoms with Gasteiger partial charge in [-0.25, -0.2) is 13.2 Å². The van der Waals surface area contributed by atoms with Crippen LogP contribution in [0.3, 0.4) is 0 Å². The van der Waals surface area contributed by atoms with Crippen LogP contribution in [-0.4, -0.2) is 29.3 Å². The number of nitrogens with zero attached hydrogens (tertiary/aromatic N) is 1. The number of benzene rings is 1.